The largest absolute Gasteiger partial charge is 0.425 e. The Labute approximate surface area is 198 Å². The number of pyridine rings is 1. The molecule has 0 amide bonds. The lowest BCUT2D eigenvalue weighted by atomic mass is 10.2. The number of carbonyl (C=O) groups excluding carboxylic acids is 2. The van der Waals surface area contributed by atoms with Crippen LogP contribution in [0.15, 0.2) is 85.3 Å². The molecule has 5 nitrogen and oxygen atoms in total. The van der Waals surface area contributed by atoms with Gasteiger partial charge in [0.1, 0.15) is 0 Å². The van der Waals surface area contributed by atoms with Gasteiger partial charge in [0, 0.05) is 25.7 Å². The van der Waals surface area contributed by atoms with Gasteiger partial charge in [-0.3, -0.25) is 9.78 Å². The molecule has 178 valence electrons. The Kier molecular flexibility index (Phi) is 16.4. The lowest BCUT2D eigenvalue weighted by Crippen LogP contribution is -2.21. The number of hydrogen-bond acceptors (Lipinski definition) is 5. The first kappa shape index (κ1) is 27.8. The molecular weight excluding hydrogens is 414 g/mol. The highest BCUT2D eigenvalue weighted by Crippen LogP contribution is 2.06. The Morgan fingerprint density at radius 3 is 2.00 bits per heavy atom. The second-order valence-electron chi connectivity index (χ2n) is 7.30. The zero-order chi connectivity index (χ0) is 24.0. The van der Waals surface area contributed by atoms with E-state index in [1.54, 1.807) is 18.3 Å². The van der Waals surface area contributed by atoms with Crippen molar-refractivity contribution in [1.29, 1.82) is 0 Å². The molecule has 0 N–H and O–H groups in total. The van der Waals surface area contributed by atoms with E-state index in [1.165, 1.54) is 13.1 Å². The van der Waals surface area contributed by atoms with Crippen LogP contribution in [0.2, 0.25) is 0 Å². The fourth-order valence-corrected chi connectivity index (χ4v) is 2.70. The van der Waals surface area contributed by atoms with Gasteiger partial charge in [-0.25, -0.2) is 4.79 Å². The standard InChI is InChI=1S/C28H37NO4/c1-3-4-5-6-7-8-9-10-11-12-13-14-15-16-17-18-19-22-27(30)32-25(2)33-28(31)26-21-20-23-29-24-26/h4-5,7-8,10-11,13-14,16-17,20-21,23-25H,3,6,9,12,15,18-19,22H2,1-2H3/b5-4-,8-7-,11-10-,14-13-,17-16-. The Hall–Kier alpha value is -3.21. The third-order valence-electron chi connectivity index (χ3n) is 4.38. The van der Waals surface area contributed by atoms with Crippen molar-refractivity contribution in [2.75, 3.05) is 0 Å². The molecule has 1 aromatic heterocycles. The van der Waals surface area contributed by atoms with Crippen LogP contribution in [0, 0.1) is 0 Å². The summed E-state index contributed by atoms with van der Waals surface area (Å²) < 4.78 is 10.2. The van der Waals surface area contributed by atoms with E-state index in [9.17, 15) is 9.59 Å². The monoisotopic (exact) mass is 451 g/mol. The first-order valence-corrected chi connectivity index (χ1v) is 11.7. The maximum Gasteiger partial charge on any atom is 0.342 e. The van der Waals surface area contributed by atoms with E-state index >= 15 is 0 Å². The minimum absolute atomic E-state index is 0.281. The van der Waals surface area contributed by atoms with E-state index in [0.29, 0.717) is 12.0 Å². The lowest BCUT2D eigenvalue weighted by molar-refractivity contribution is -0.165. The third kappa shape index (κ3) is 16.1. The number of carbonyl (C=O) groups is 2. The summed E-state index contributed by atoms with van der Waals surface area (Å²) in [6, 6.07) is 3.23. The van der Waals surface area contributed by atoms with Gasteiger partial charge in [0.2, 0.25) is 6.29 Å². The Balaban J connectivity index is 2.04. The molecule has 1 aromatic rings. The Morgan fingerprint density at radius 1 is 0.879 bits per heavy atom. The number of hydrogen-bond donors (Lipinski definition) is 0. The summed E-state index contributed by atoms with van der Waals surface area (Å²) >= 11 is 0. The molecule has 1 atom stereocenters. The lowest BCUT2D eigenvalue weighted by Gasteiger charge is -2.13. The molecule has 0 spiro atoms. The molecule has 5 heteroatoms. The van der Waals surface area contributed by atoms with E-state index in [-0.39, 0.29) is 12.4 Å². The maximum absolute atomic E-state index is 11.9. The fraction of sp³-hybridized carbons (Fsp3) is 0.393. The quantitative estimate of drug-likeness (QED) is 0.117. The summed E-state index contributed by atoms with van der Waals surface area (Å²) in [6.07, 6.45) is 30.3. The molecule has 0 aliphatic heterocycles. The summed E-state index contributed by atoms with van der Waals surface area (Å²) in [6.45, 7) is 3.66. The second kappa shape index (κ2) is 19.5. The van der Waals surface area contributed by atoms with Gasteiger partial charge < -0.3 is 9.47 Å². The first-order chi connectivity index (χ1) is 16.1. The Bertz CT molecular complexity index is 806. The molecule has 0 aromatic carbocycles. The van der Waals surface area contributed by atoms with Crippen LogP contribution in [-0.4, -0.2) is 23.2 Å². The van der Waals surface area contributed by atoms with Crippen LogP contribution in [-0.2, 0) is 14.3 Å². The van der Waals surface area contributed by atoms with Crippen molar-refractivity contribution >= 4 is 11.9 Å². The zero-order valence-electron chi connectivity index (χ0n) is 19.9. The highest BCUT2D eigenvalue weighted by molar-refractivity contribution is 5.89. The van der Waals surface area contributed by atoms with Crippen molar-refractivity contribution in [3.63, 3.8) is 0 Å². The number of ether oxygens (including phenoxy) is 2. The van der Waals surface area contributed by atoms with Crippen molar-refractivity contribution in [2.24, 2.45) is 0 Å². The van der Waals surface area contributed by atoms with Crippen molar-refractivity contribution in [1.82, 2.24) is 4.98 Å². The number of esters is 2. The van der Waals surface area contributed by atoms with E-state index in [0.717, 1.165) is 38.5 Å². The van der Waals surface area contributed by atoms with Crippen LogP contribution in [0.25, 0.3) is 0 Å². The van der Waals surface area contributed by atoms with Crippen molar-refractivity contribution in [2.45, 2.75) is 71.5 Å². The van der Waals surface area contributed by atoms with E-state index in [4.69, 9.17) is 9.47 Å². The summed E-state index contributed by atoms with van der Waals surface area (Å²) in [7, 11) is 0. The number of aromatic nitrogens is 1. The van der Waals surface area contributed by atoms with E-state index in [2.05, 4.69) is 72.7 Å². The van der Waals surface area contributed by atoms with Gasteiger partial charge in [0.25, 0.3) is 0 Å². The molecule has 0 bridgehead atoms. The average Bonchev–Trinajstić information content (AvgIpc) is 2.81. The van der Waals surface area contributed by atoms with Gasteiger partial charge in [-0.2, -0.15) is 0 Å². The van der Waals surface area contributed by atoms with Crippen LogP contribution < -0.4 is 0 Å². The van der Waals surface area contributed by atoms with Crippen LogP contribution in [0.5, 0.6) is 0 Å². The van der Waals surface area contributed by atoms with Crippen LogP contribution in [0.3, 0.4) is 0 Å². The molecule has 1 unspecified atom stereocenters. The highest BCUT2D eigenvalue weighted by atomic mass is 16.7. The molecule has 0 aliphatic rings. The van der Waals surface area contributed by atoms with Gasteiger partial charge in [0.15, 0.2) is 0 Å². The minimum Gasteiger partial charge on any atom is -0.425 e. The summed E-state index contributed by atoms with van der Waals surface area (Å²) in [5.74, 6) is -0.948. The molecule has 0 saturated heterocycles. The molecule has 0 fully saturated rings. The predicted octanol–water partition coefficient (Wildman–Crippen LogP) is 7.05. The molecule has 1 heterocycles. The fourth-order valence-electron chi connectivity index (χ4n) is 2.70. The first-order valence-electron chi connectivity index (χ1n) is 11.7. The number of rotatable bonds is 16. The molecular formula is C28H37NO4. The van der Waals surface area contributed by atoms with Crippen LogP contribution in [0.1, 0.15) is 75.6 Å². The number of nitrogens with zero attached hydrogens (tertiary/aromatic N) is 1. The smallest absolute Gasteiger partial charge is 0.342 e. The maximum atomic E-state index is 11.9. The molecule has 0 aliphatic carbocycles. The van der Waals surface area contributed by atoms with Crippen molar-refractivity contribution < 1.29 is 19.1 Å². The second-order valence-corrected chi connectivity index (χ2v) is 7.30. The van der Waals surface area contributed by atoms with Crippen LogP contribution >= 0.6 is 0 Å². The summed E-state index contributed by atoms with van der Waals surface area (Å²) in [5, 5.41) is 0. The Morgan fingerprint density at radius 2 is 1.45 bits per heavy atom. The van der Waals surface area contributed by atoms with Gasteiger partial charge >= 0.3 is 11.9 Å². The average molecular weight is 452 g/mol. The summed E-state index contributed by atoms with van der Waals surface area (Å²) in [4.78, 5) is 27.6. The van der Waals surface area contributed by atoms with Gasteiger partial charge in [-0.1, -0.05) is 67.7 Å². The van der Waals surface area contributed by atoms with Crippen molar-refractivity contribution in [3.8, 4) is 0 Å². The molecule has 0 saturated carbocycles. The molecule has 0 radical (unpaired) electrons. The zero-order valence-corrected chi connectivity index (χ0v) is 19.9. The summed E-state index contributed by atoms with van der Waals surface area (Å²) in [5.41, 5.74) is 0.318. The van der Waals surface area contributed by atoms with Crippen molar-refractivity contribution in [3.05, 3.63) is 90.9 Å². The van der Waals surface area contributed by atoms with Gasteiger partial charge in [-0.15, -0.1) is 0 Å². The normalized spacial score (nSPS) is 13.0. The van der Waals surface area contributed by atoms with Crippen LogP contribution in [0.4, 0.5) is 0 Å². The van der Waals surface area contributed by atoms with Gasteiger partial charge in [-0.05, 0) is 57.1 Å². The highest BCUT2D eigenvalue weighted by Gasteiger charge is 2.15. The number of unbranched alkanes of at least 4 members (excludes halogenated alkanes) is 1. The third-order valence-corrected chi connectivity index (χ3v) is 4.38. The van der Waals surface area contributed by atoms with E-state index < -0.39 is 12.3 Å². The number of allylic oxidation sites excluding steroid dienone is 10. The molecule has 1 rings (SSSR count). The predicted molar refractivity (Wildman–Crippen MR) is 134 cm³/mol. The molecule has 33 heavy (non-hydrogen) atoms. The SMILES string of the molecule is CC/C=C\C/C=C\C/C=C\C/C=C\C/C=C\CCCC(=O)OC(C)OC(=O)c1cccnc1. The van der Waals surface area contributed by atoms with Gasteiger partial charge in [0.05, 0.1) is 5.56 Å². The van der Waals surface area contributed by atoms with E-state index in [1.807, 2.05) is 0 Å². The topological polar surface area (TPSA) is 65.5 Å². The minimum atomic E-state index is -0.932.